The van der Waals surface area contributed by atoms with Crippen LogP contribution in [0.4, 0.5) is 0 Å². The van der Waals surface area contributed by atoms with Gasteiger partial charge in [-0.05, 0) is 12.0 Å². The van der Waals surface area contributed by atoms with Crippen molar-refractivity contribution in [2.24, 2.45) is 5.92 Å². The van der Waals surface area contributed by atoms with E-state index in [9.17, 15) is 5.11 Å². The van der Waals surface area contributed by atoms with E-state index in [0.717, 1.165) is 17.9 Å². The number of aliphatic hydroxyl groups excluding tert-OH is 1. The predicted octanol–water partition coefficient (Wildman–Crippen LogP) is 1.80. The zero-order valence-electron chi connectivity index (χ0n) is 10.1. The highest BCUT2D eigenvalue weighted by Crippen LogP contribution is 2.17. The van der Waals surface area contributed by atoms with Gasteiger partial charge < -0.3 is 9.52 Å². The van der Waals surface area contributed by atoms with Gasteiger partial charge in [-0.15, -0.1) is 0 Å². The van der Waals surface area contributed by atoms with Crippen molar-refractivity contribution in [2.75, 3.05) is 0 Å². The van der Waals surface area contributed by atoms with Crippen LogP contribution in [0.2, 0.25) is 0 Å². The zero-order chi connectivity index (χ0) is 12.3. The molecule has 0 aliphatic rings. The highest BCUT2D eigenvalue weighted by Gasteiger charge is 2.14. The van der Waals surface area contributed by atoms with Crippen LogP contribution >= 0.6 is 0 Å². The Labute approximate surface area is 100 Å². The van der Waals surface area contributed by atoms with Gasteiger partial charge in [0.05, 0.1) is 18.6 Å². The molecule has 2 rings (SSSR count). The van der Waals surface area contributed by atoms with E-state index >= 15 is 0 Å². The van der Waals surface area contributed by atoms with Crippen molar-refractivity contribution in [3.8, 4) is 0 Å². The lowest BCUT2D eigenvalue weighted by atomic mass is 10.1. The molecule has 0 saturated heterocycles. The van der Waals surface area contributed by atoms with Crippen molar-refractivity contribution >= 4 is 0 Å². The van der Waals surface area contributed by atoms with Crippen LogP contribution in [0.3, 0.4) is 0 Å². The average molecular weight is 235 g/mol. The van der Waals surface area contributed by atoms with Crippen molar-refractivity contribution in [1.29, 1.82) is 0 Å². The molecule has 92 valence electrons. The smallest absolute Gasteiger partial charge is 0.138 e. The maximum Gasteiger partial charge on any atom is 0.138 e. The molecule has 0 spiro atoms. The fourth-order valence-corrected chi connectivity index (χ4v) is 1.70. The Bertz CT molecular complexity index is 448. The largest absolute Gasteiger partial charge is 0.472 e. The van der Waals surface area contributed by atoms with Crippen LogP contribution < -0.4 is 0 Å². The summed E-state index contributed by atoms with van der Waals surface area (Å²) in [5, 5.41) is 14.2. The van der Waals surface area contributed by atoms with Gasteiger partial charge in [-0.2, -0.15) is 5.10 Å². The van der Waals surface area contributed by atoms with Gasteiger partial charge in [0.1, 0.15) is 12.2 Å². The highest BCUT2D eigenvalue weighted by atomic mass is 16.3. The van der Waals surface area contributed by atoms with Crippen LogP contribution in [0, 0.1) is 5.92 Å². The molecule has 1 N–H and O–H groups in total. The molecule has 0 radical (unpaired) electrons. The average Bonchev–Trinajstić information content (AvgIpc) is 2.89. The molecule has 0 aromatic carbocycles. The lowest BCUT2D eigenvalue weighted by Crippen LogP contribution is -2.13. The quantitative estimate of drug-likeness (QED) is 0.858. The molecule has 2 aromatic rings. The Balaban J connectivity index is 2.06. The normalized spacial score (nSPS) is 13.2. The maximum atomic E-state index is 10.00. The Kier molecular flexibility index (Phi) is 3.58. The number of aliphatic hydroxyl groups is 1. The molecule has 2 heterocycles. The van der Waals surface area contributed by atoms with Crippen molar-refractivity contribution in [2.45, 2.75) is 32.9 Å². The Morgan fingerprint density at radius 1 is 1.47 bits per heavy atom. The third-order valence-electron chi connectivity index (χ3n) is 2.54. The molecule has 0 amide bonds. The first-order chi connectivity index (χ1) is 8.16. The molecule has 1 unspecified atom stereocenters. The minimum absolute atomic E-state index is 0.451. The zero-order valence-corrected chi connectivity index (χ0v) is 10.1. The van der Waals surface area contributed by atoms with Gasteiger partial charge in [-0.1, -0.05) is 13.8 Å². The first-order valence-corrected chi connectivity index (χ1v) is 5.73. The van der Waals surface area contributed by atoms with E-state index in [1.54, 1.807) is 18.6 Å². The van der Waals surface area contributed by atoms with Crippen molar-refractivity contribution in [1.82, 2.24) is 14.8 Å². The van der Waals surface area contributed by atoms with E-state index in [-0.39, 0.29) is 0 Å². The molecule has 17 heavy (non-hydrogen) atoms. The minimum Gasteiger partial charge on any atom is -0.472 e. The van der Waals surface area contributed by atoms with Crippen LogP contribution in [0.1, 0.15) is 31.3 Å². The van der Waals surface area contributed by atoms with E-state index < -0.39 is 6.10 Å². The molecule has 2 aromatic heterocycles. The van der Waals surface area contributed by atoms with Gasteiger partial charge in [-0.25, -0.2) is 9.67 Å². The third-order valence-corrected chi connectivity index (χ3v) is 2.54. The maximum absolute atomic E-state index is 10.00. The van der Waals surface area contributed by atoms with Crippen molar-refractivity contribution < 1.29 is 9.52 Å². The molecule has 0 bridgehead atoms. The number of furan rings is 1. The topological polar surface area (TPSA) is 64.1 Å². The van der Waals surface area contributed by atoms with E-state index in [4.69, 9.17) is 4.42 Å². The molecular formula is C12H17N3O2. The molecular weight excluding hydrogens is 218 g/mol. The highest BCUT2D eigenvalue weighted by molar-refractivity contribution is 5.11. The monoisotopic (exact) mass is 235 g/mol. The van der Waals surface area contributed by atoms with E-state index in [1.807, 2.05) is 4.68 Å². The van der Waals surface area contributed by atoms with Crippen LogP contribution in [-0.4, -0.2) is 19.9 Å². The lowest BCUT2D eigenvalue weighted by Gasteiger charge is -2.11. The van der Waals surface area contributed by atoms with E-state index in [2.05, 4.69) is 23.9 Å². The summed E-state index contributed by atoms with van der Waals surface area (Å²) in [6, 6.07) is 1.76. The summed E-state index contributed by atoms with van der Waals surface area (Å²) < 4.78 is 6.79. The van der Waals surface area contributed by atoms with Gasteiger partial charge in [0.15, 0.2) is 0 Å². The van der Waals surface area contributed by atoms with Crippen molar-refractivity contribution in [3.63, 3.8) is 0 Å². The summed E-state index contributed by atoms with van der Waals surface area (Å²) in [5.74, 6) is 1.30. The Hall–Kier alpha value is -1.62. The van der Waals surface area contributed by atoms with Crippen LogP contribution in [0.5, 0.6) is 0 Å². The molecule has 5 nitrogen and oxygen atoms in total. The third kappa shape index (κ3) is 2.94. The summed E-state index contributed by atoms with van der Waals surface area (Å²) >= 11 is 0. The Morgan fingerprint density at radius 2 is 2.29 bits per heavy atom. The van der Waals surface area contributed by atoms with Gasteiger partial charge >= 0.3 is 0 Å². The SMILES string of the molecule is CC(C)Cn1ncnc1CC(O)c1ccoc1. The minimum atomic E-state index is -0.594. The second-order valence-corrected chi connectivity index (χ2v) is 4.53. The summed E-state index contributed by atoms with van der Waals surface area (Å²) in [4.78, 5) is 4.18. The van der Waals surface area contributed by atoms with E-state index in [0.29, 0.717) is 12.3 Å². The summed E-state index contributed by atoms with van der Waals surface area (Å²) in [6.45, 7) is 5.06. The van der Waals surface area contributed by atoms with Gasteiger partial charge in [0.2, 0.25) is 0 Å². The molecule has 5 heteroatoms. The van der Waals surface area contributed by atoms with Gasteiger partial charge in [0, 0.05) is 18.5 Å². The standard InChI is InChI=1S/C12H17N3O2/c1-9(2)6-15-12(13-8-14-15)5-11(16)10-3-4-17-7-10/h3-4,7-9,11,16H,5-6H2,1-2H3. The fraction of sp³-hybridized carbons (Fsp3) is 0.500. The number of hydrogen-bond acceptors (Lipinski definition) is 4. The van der Waals surface area contributed by atoms with Gasteiger partial charge in [0.25, 0.3) is 0 Å². The van der Waals surface area contributed by atoms with Crippen LogP contribution in [0.25, 0.3) is 0 Å². The number of rotatable bonds is 5. The van der Waals surface area contributed by atoms with Crippen LogP contribution in [-0.2, 0) is 13.0 Å². The molecule has 0 aliphatic heterocycles. The number of nitrogens with zero attached hydrogens (tertiary/aromatic N) is 3. The second-order valence-electron chi connectivity index (χ2n) is 4.53. The Morgan fingerprint density at radius 3 is 2.94 bits per heavy atom. The summed E-state index contributed by atoms with van der Waals surface area (Å²) in [6.07, 6.45) is 4.49. The summed E-state index contributed by atoms with van der Waals surface area (Å²) in [7, 11) is 0. The van der Waals surface area contributed by atoms with Gasteiger partial charge in [-0.3, -0.25) is 0 Å². The predicted molar refractivity (Wildman–Crippen MR) is 62.2 cm³/mol. The molecule has 0 saturated carbocycles. The number of aromatic nitrogens is 3. The first kappa shape index (κ1) is 11.9. The first-order valence-electron chi connectivity index (χ1n) is 5.73. The second kappa shape index (κ2) is 5.14. The fourth-order valence-electron chi connectivity index (χ4n) is 1.70. The van der Waals surface area contributed by atoms with Crippen LogP contribution in [0.15, 0.2) is 29.3 Å². The lowest BCUT2D eigenvalue weighted by molar-refractivity contribution is 0.172. The number of hydrogen-bond donors (Lipinski definition) is 1. The summed E-state index contributed by atoms with van der Waals surface area (Å²) in [5.41, 5.74) is 0.768. The molecule has 0 fully saturated rings. The molecule has 0 aliphatic carbocycles. The van der Waals surface area contributed by atoms with E-state index in [1.165, 1.54) is 6.33 Å². The molecule has 1 atom stereocenters. The van der Waals surface area contributed by atoms with Crippen molar-refractivity contribution in [3.05, 3.63) is 36.3 Å².